The van der Waals surface area contributed by atoms with E-state index in [0.717, 1.165) is 11.3 Å². The van der Waals surface area contributed by atoms with Gasteiger partial charge >= 0.3 is 0 Å². The molecule has 0 N–H and O–H groups in total. The van der Waals surface area contributed by atoms with Crippen LogP contribution < -0.4 is 0 Å². The molecule has 2 nitrogen and oxygen atoms in total. The van der Waals surface area contributed by atoms with Gasteiger partial charge in [0.1, 0.15) is 0 Å². The minimum Gasteiger partial charge on any atom is -0.217 e. The Morgan fingerprint density at radius 3 is 2.62 bits per heavy atom. The minimum atomic E-state index is 0.966. The molecule has 0 aliphatic carbocycles. The van der Waals surface area contributed by atoms with Crippen molar-refractivity contribution in [3.63, 3.8) is 0 Å². The number of thiol groups is 1. The summed E-state index contributed by atoms with van der Waals surface area (Å²) in [6, 6.07) is 10.1. The summed E-state index contributed by atoms with van der Waals surface area (Å²) in [4.78, 5) is 0. The number of rotatable bonds is 1. The van der Waals surface area contributed by atoms with Crippen molar-refractivity contribution in [1.29, 1.82) is 0 Å². The van der Waals surface area contributed by atoms with Crippen molar-refractivity contribution in [2.45, 2.75) is 6.92 Å². The van der Waals surface area contributed by atoms with E-state index in [1.807, 2.05) is 24.4 Å². The lowest BCUT2D eigenvalue weighted by molar-refractivity contribution is 1.02. The second kappa shape index (κ2) is 3.26. The number of nitrogens with zero attached hydrogens (tertiary/aromatic N) is 2. The van der Waals surface area contributed by atoms with Gasteiger partial charge in [-0.1, -0.05) is 24.3 Å². The van der Waals surface area contributed by atoms with Gasteiger partial charge in [-0.2, -0.15) is 5.10 Å². The second-order valence-corrected chi connectivity index (χ2v) is 3.35. The fraction of sp³-hybridized carbons (Fsp3) is 0.100. The average Bonchev–Trinajstić information content (AvgIpc) is 2.53. The highest BCUT2D eigenvalue weighted by Gasteiger charge is 2.02. The molecular weight excluding hydrogens is 180 g/mol. The lowest BCUT2D eigenvalue weighted by atomic mass is 10.1. The smallest absolute Gasteiger partial charge is 0.0936 e. The van der Waals surface area contributed by atoms with Gasteiger partial charge in [0.2, 0.25) is 0 Å². The minimum absolute atomic E-state index is 0.966. The summed E-state index contributed by atoms with van der Waals surface area (Å²) in [5.74, 6) is 0. The van der Waals surface area contributed by atoms with Crippen LogP contribution in [0, 0.1) is 6.92 Å². The average molecular weight is 190 g/mol. The van der Waals surface area contributed by atoms with E-state index < -0.39 is 0 Å². The van der Waals surface area contributed by atoms with Crippen molar-refractivity contribution >= 4 is 12.8 Å². The summed E-state index contributed by atoms with van der Waals surface area (Å²) in [5.41, 5.74) is 3.36. The highest BCUT2D eigenvalue weighted by Crippen LogP contribution is 2.20. The molecule has 0 amide bonds. The lowest BCUT2D eigenvalue weighted by Crippen LogP contribution is -1.84. The standard InChI is InChI=1S/C10H10N2S/c1-8-4-2-3-5-9(8)10-6-7-12(13)11-10/h2-7,13H,1H3. The molecule has 0 aliphatic heterocycles. The summed E-state index contributed by atoms with van der Waals surface area (Å²) in [6.45, 7) is 2.08. The van der Waals surface area contributed by atoms with Gasteiger partial charge in [-0.15, -0.1) is 0 Å². The third kappa shape index (κ3) is 1.60. The van der Waals surface area contributed by atoms with Crippen molar-refractivity contribution in [1.82, 2.24) is 9.19 Å². The molecule has 0 atom stereocenters. The molecule has 1 heterocycles. The summed E-state index contributed by atoms with van der Waals surface area (Å²) in [6.07, 6.45) is 1.82. The number of hydrogen-bond donors (Lipinski definition) is 1. The fourth-order valence-electron chi connectivity index (χ4n) is 1.32. The zero-order chi connectivity index (χ0) is 9.26. The van der Waals surface area contributed by atoms with Gasteiger partial charge in [-0.3, -0.25) is 0 Å². The lowest BCUT2D eigenvalue weighted by Gasteiger charge is -2.00. The number of hydrogen-bond acceptors (Lipinski definition) is 2. The molecule has 2 aromatic rings. The number of aryl methyl sites for hydroxylation is 1. The summed E-state index contributed by atoms with van der Waals surface area (Å²) >= 11 is 4.10. The van der Waals surface area contributed by atoms with E-state index in [1.165, 1.54) is 9.65 Å². The SMILES string of the molecule is Cc1ccccc1-c1ccn(S)n1. The maximum Gasteiger partial charge on any atom is 0.0936 e. The van der Waals surface area contributed by atoms with E-state index in [4.69, 9.17) is 0 Å². The first kappa shape index (κ1) is 8.38. The van der Waals surface area contributed by atoms with Crippen molar-refractivity contribution in [3.05, 3.63) is 42.1 Å². The monoisotopic (exact) mass is 190 g/mol. The van der Waals surface area contributed by atoms with Crippen molar-refractivity contribution in [3.8, 4) is 11.3 Å². The Hall–Kier alpha value is -1.22. The van der Waals surface area contributed by atoms with Crippen LogP contribution in [-0.4, -0.2) is 9.19 Å². The van der Waals surface area contributed by atoms with Crippen LogP contribution in [0.1, 0.15) is 5.56 Å². The van der Waals surface area contributed by atoms with Gasteiger partial charge < -0.3 is 0 Å². The molecule has 0 fully saturated rings. The van der Waals surface area contributed by atoms with Crippen LogP contribution in [-0.2, 0) is 0 Å². The molecule has 0 saturated heterocycles. The number of benzene rings is 1. The third-order valence-electron chi connectivity index (χ3n) is 2.00. The van der Waals surface area contributed by atoms with Crippen molar-refractivity contribution in [2.75, 3.05) is 0 Å². The molecule has 1 aromatic carbocycles. The molecule has 0 saturated carbocycles. The molecule has 13 heavy (non-hydrogen) atoms. The van der Waals surface area contributed by atoms with E-state index in [9.17, 15) is 0 Å². The quantitative estimate of drug-likeness (QED) is 0.684. The summed E-state index contributed by atoms with van der Waals surface area (Å²) in [7, 11) is 0. The van der Waals surface area contributed by atoms with Gasteiger partial charge in [0.05, 0.1) is 5.69 Å². The number of aromatic nitrogens is 2. The molecule has 0 unspecified atom stereocenters. The molecule has 2 rings (SSSR count). The van der Waals surface area contributed by atoms with Crippen LogP contribution >= 0.6 is 12.8 Å². The van der Waals surface area contributed by atoms with Crippen LogP contribution in [0.25, 0.3) is 11.3 Å². The predicted octanol–water partition coefficient (Wildman–Crippen LogP) is 2.55. The zero-order valence-electron chi connectivity index (χ0n) is 7.31. The van der Waals surface area contributed by atoms with Gasteiger partial charge in [0.25, 0.3) is 0 Å². The van der Waals surface area contributed by atoms with E-state index in [2.05, 4.69) is 37.0 Å². The first-order valence-corrected chi connectivity index (χ1v) is 4.48. The Morgan fingerprint density at radius 1 is 1.23 bits per heavy atom. The second-order valence-electron chi connectivity index (χ2n) is 2.94. The fourth-order valence-corrected chi connectivity index (χ4v) is 1.48. The molecule has 0 spiro atoms. The van der Waals surface area contributed by atoms with Gasteiger partial charge in [-0.25, -0.2) is 4.09 Å². The van der Waals surface area contributed by atoms with E-state index in [1.54, 1.807) is 0 Å². The van der Waals surface area contributed by atoms with Crippen molar-refractivity contribution < 1.29 is 0 Å². The van der Waals surface area contributed by atoms with Crippen LogP contribution in [0.4, 0.5) is 0 Å². The molecule has 1 aromatic heterocycles. The van der Waals surface area contributed by atoms with E-state index in [0.29, 0.717) is 0 Å². The topological polar surface area (TPSA) is 17.8 Å². The normalized spacial score (nSPS) is 10.3. The predicted molar refractivity (Wildman–Crippen MR) is 56.8 cm³/mol. The summed E-state index contributed by atoms with van der Waals surface area (Å²) < 4.78 is 1.52. The van der Waals surface area contributed by atoms with E-state index >= 15 is 0 Å². The molecule has 66 valence electrons. The first-order valence-electron chi connectivity index (χ1n) is 4.08. The Balaban J connectivity index is 2.52. The van der Waals surface area contributed by atoms with Crippen LogP contribution in [0.5, 0.6) is 0 Å². The largest absolute Gasteiger partial charge is 0.217 e. The van der Waals surface area contributed by atoms with Gasteiger partial charge in [0.15, 0.2) is 0 Å². The first-order chi connectivity index (χ1) is 6.27. The third-order valence-corrected chi connectivity index (χ3v) is 2.22. The molecule has 0 aliphatic rings. The van der Waals surface area contributed by atoms with Gasteiger partial charge in [-0.05, 0) is 31.4 Å². The summed E-state index contributed by atoms with van der Waals surface area (Å²) in [5, 5.41) is 4.22. The van der Waals surface area contributed by atoms with Crippen molar-refractivity contribution in [2.24, 2.45) is 0 Å². The molecule has 0 radical (unpaired) electrons. The van der Waals surface area contributed by atoms with Crippen LogP contribution in [0.2, 0.25) is 0 Å². The Kier molecular flexibility index (Phi) is 2.10. The molecule has 3 heteroatoms. The van der Waals surface area contributed by atoms with E-state index in [-0.39, 0.29) is 0 Å². The zero-order valence-corrected chi connectivity index (χ0v) is 8.20. The molecular formula is C10H10N2S. The highest BCUT2D eigenvalue weighted by atomic mass is 32.1. The Labute approximate surface area is 82.8 Å². The maximum absolute atomic E-state index is 4.22. The Morgan fingerprint density at radius 2 is 2.00 bits per heavy atom. The van der Waals surface area contributed by atoms with Crippen LogP contribution in [0.15, 0.2) is 36.5 Å². The van der Waals surface area contributed by atoms with Gasteiger partial charge in [0, 0.05) is 11.8 Å². The maximum atomic E-state index is 4.22. The molecule has 0 bridgehead atoms. The Bertz CT molecular complexity index is 420. The highest BCUT2D eigenvalue weighted by molar-refractivity contribution is 7.78. The van der Waals surface area contributed by atoms with Crippen LogP contribution in [0.3, 0.4) is 0 Å².